The van der Waals surface area contributed by atoms with Crippen molar-refractivity contribution >= 4 is 67.8 Å². The maximum Gasteiger partial charge on any atom is 0.272 e. The van der Waals surface area contributed by atoms with Crippen molar-refractivity contribution in [1.82, 2.24) is 15.0 Å². The topological polar surface area (TPSA) is 144 Å². The van der Waals surface area contributed by atoms with Crippen LogP contribution in [-0.2, 0) is 0 Å². The normalized spacial score (nSPS) is 10.6. The SMILES string of the molecule is Cc1c(N)cc(Cl)nc1OCC(F)F.Nc1cc(Cl)nc(OCC(F)F)c1.Nc1cc(Cl)nc(OCC(F)F)c1Br. The van der Waals surface area contributed by atoms with E-state index in [1.807, 2.05) is 0 Å². The Kier molecular flexibility index (Phi) is 15.8. The van der Waals surface area contributed by atoms with Gasteiger partial charge in [-0.25, -0.2) is 41.3 Å². The van der Waals surface area contributed by atoms with Gasteiger partial charge in [0.25, 0.3) is 19.3 Å². The number of hydrogen-bond acceptors (Lipinski definition) is 9. The van der Waals surface area contributed by atoms with Crippen LogP contribution in [0.5, 0.6) is 17.6 Å². The van der Waals surface area contributed by atoms with Crippen LogP contribution in [-0.4, -0.2) is 54.0 Å². The third-order valence-electron chi connectivity index (χ3n) is 4.00. The van der Waals surface area contributed by atoms with Crippen LogP contribution in [0.25, 0.3) is 0 Å². The number of halogens is 10. The molecule has 0 amide bonds. The number of hydrogen-bond donors (Lipinski definition) is 3. The molecule has 3 aromatic heterocycles. The fourth-order valence-electron chi connectivity index (χ4n) is 2.30. The van der Waals surface area contributed by atoms with Crippen LogP contribution in [0.15, 0.2) is 28.7 Å². The molecule has 0 aliphatic rings. The van der Waals surface area contributed by atoms with Gasteiger partial charge < -0.3 is 31.4 Å². The number of ether oxygens (including phenoxy) is 3. The van der Waals surface area contributed by atoms with Crippen molar-refractivity contribution in [3.8, 4) is 17.6 Å². The van der Waals surface area contributed by atoms with Crippen molar-refractivity contribution in [2.75, 3.05) is 37.0 Å². The van der Waals surface area contributed by atoms with Crippen LogP contribution in [0.3, 0.4) is 0 Å². The first-order valence-electron chi connectivity index (χ1n) is 10.8. The molecule has 0 bridgehead atoms. The Morgan fingerprint density at radius 2 is 1.12 bits per heavy atom. The van der Waals surface area contributed by atoms with E-state index in [0.717, 1.165) is 0 Å². The van der Waals surface area contributed by atoms with Crippen molar-refractivity contribution in [2.24, 2.45) is 0 Å². The highest BCUT2D eigenvalue weighted by atomic mass is 79.9. The van der Waals surface area contributed by atoms with Gasteiger partial charge >= 0.3 is 0 Å². The Balaban J connectivity index is 0.000000308. The van der Waals surface area contributed by atoms with Gasteiger partial charge in [0, 0.05) is 23.0 Å². The molecule has 3 heterocycles. The summed E-state index contributed by atoms with van der Waals surface area (Å²) in [5.74, 6) is 0.0240. The van der Waals surface area contributed by atoms with E-state index < -0.39 is 39.1 Å². The molecule has 0 spiro atoms. The Morgan fingerprint density at radius 3 is 1.63 bits per heavy atom. The van der Waals surface area contributed by atoms with Gasteiger partial charge in [0.2, 0.25) is 17.6 Å². The summed E-state index contributed by atoms with van der Waals surface area (Å²) in [7, 11) is 0. The molecule has 41 heavy (non-hydrogen) atoms. The molecule has 6 N–H and O–H groups in total. The van der Waals surface area contributed by atoms with E-state index in [9.17, 15) is 26.3 Å². The van der Waals surface area contributed by atoms with Gasteiger partial charge in [-0.05, 0) is 41.1 Å². The number of nitrogen functional groups attached to an aromatic ring is 3. The lowest BCUT2D eigenvalue weighted by molar-refractivity contribution is 0.0791. The van der Waals surface area contributed by atoms with E-state index in [1.165, 1.54) is 24.3 Å². The largest absolute Gasteiger partial charge is 0.471 e. The van der Waals surface area contributed by atoms with Gasteiger partial charge in [0.05, 0.1) is 5.69 Å². The van der Waals surface area contributed by atoms with Gasteiger partial charge in [-0.15, -0.1) is 0 Å². The maximum absolute atomic E-state index is 11.8. The van der Waals surface area contributed by atoms with Crippen LogP contribution in [0, 0.1) is 6.92 Å². The fourth-order valence-corrected chi connectivity index (χ4v) is 3.22. The Morgan fingerprint density at radius 1 is 0.683 bits per heavy atom. The second-order valence-electron chi connectivity index (χ2n) is 7.29. The first-order valence-corrected chi connectivity index (χ1v) is 12.7. The number of nitrogens with zero attached hydrogens (tertiary/aromatic N) is 3. The van der Waals surface area contributed by atoms with Gasteiger partial charge in [-0.2, -0.15) is 0 Å². The summed E-state index contributed by atoms with van der Waals surface area (Å²) in [6.07, 6.45) is -7.65. The number of pyridine rings is 3. The van der Waals surface area contributed by atoms with E-state index >= 15 is 0 Å². The molecule has 3 aromatic rings. The Bertz CT molecular complexity index is 1180. The smallest absolute Gasteiger partial charge is 0.272 e. The summed E-state index contributed by atoms with van der Waals surface area (Å²) >= 11 is 19.7. The maximum atomic E-state index is 11.8. The highest BCUT2D eigenvalue weighted by molar-refractivity contribution is 9.10. The molecule has 0 unspecified atom stereocenters. The summed E-state index contributed by atoms with van der Waals surface area (Å²) in [4.78, 5) is 11.1. The molecular formula is C22H22BrCl3F6N6O3. The van der Waals surface area contributed by atoms with E-state index in [1.54, 1.807) is 6.92 Å². The van der Waals surface area contributed by atoms with Crippen LogP contribution < -0.4 is 31.4 Å². The minimum Gasteiger partial charge on any atom is -0.471 e. The predicted molar refractivity (Wildman–Crippen MR) is 148 cm³/mol. The zero-order valence-electron chi connectivity index (χ0n) is 20.7. The predicted octanol–water partition coefficient (Wildman–Crippen LogP) is 6.95. The van der Waals surface area contributed by atoms with Crippen LogP contribution in [0.2, 0.25) is 15.5 Å². The Hall–Kier alpha value is -2.82. The molecule has 0 aromatic carbocycles. The number of rotatable bonds is 9. The lowest BCUT2D eigenvalue weighted by atomic mass is 10.2. The van der Waals surface area contributed by atoms with E-state index in [-0.39, 0.29) is 38.8 Å². The Labute approximate surface area is 253 Å². The van der Waals surface area contributed by atoms with Crippen molar-refractivity contribution < 1.29 is 40.6 Å². The molecule has 9 nitrogen and oxygen atoms in total. The summed E-state index contributed by atoms with van der Waals surface area (Å²) in [6, 6.07) is 5.55. The van der Waals surface area contributed by atoms with Gasteiger partial charge in [0.1, 0.15) is 19.9 Å². The van der Waals surface area contributed by atoms with Gasteiger partial charge in [-0.1, -0.05) is 34.8 Å². The molecule has 0 radical (unpaired) electrons. The molecule has 0 fully saturated rings. The second kappa shape index (κ2) is 17.9. The second-order valence-corrected chi connectivity index (χ2v) is 9.24. The highest BCUT2D eigenvalue weighted by Gasteiger charge is 2.12. The van der Waals surface area contributed by atoms with Crippen LogP contribution >= 0.6 is 50.7 Å². The third-order valence-corrected chi connectivity index (χ3v) is 5.38. The van der Waals surface area contributed by atoms with E-state index in [4.69, 9.17) is 56.7 Å². The molecule has 228 valence electrons. The molecule has 0 saturated heterocycles. The number of aromatic nitrogens is 3. The molecule has 0 atom stereocenters. The molecule has 0 saturated carbocycles. The lowest BCUT2D eigenvalue weighted by Crippen LogP contribution is -2.09. The lowest BCUT2D eigenvalue weighted by Gasteiger charge is -2.09. The average Bonchev–Trinajstić information content (AvgIpc) is 2.85. The van der Waals surface area contributed by atoms with E-state index in [2.05, 4.69) is 40.4 Å². The zero-order valence-corrected chi connectivity index (χ0v) is 24.6. The number of anilines is 3. The number of nitrogens with two attached hydrogens (primary N) is 3. The summed E-state index contributed by atoms with van der Waals surface area (Å²) < 4.78 is 85.1. The molecule has 0 aliphatic heterocycles. The van der Waals surface area contributed by atoms with Crippen molar-refractivity contribution in [3.63, 3.8) is 0 Å². The monoisotopic (exact) mass is 716 g/mol. The van der Waals surface area contributed by atoms with Gasteiger partial charge in [0.15, 0.2) is 19.8 Å². The van der Waals surface area contributed by atoms with Crippen LogP contribution in [0.4, 0.5) is 43.4 Å². The standard InChI is InChI=1S/C8H9ClF2N2O.C7H6BrClF2N2O.C7H7ClF2N2O/c1-4-5(12)2-6(9)13-8(4)14-3-7(10)11;8-6-3(12)1-4(9)13-7(6)14-2-5(10)11;8-5-1-4(11)2-7(12-5)13-3-6(9)10/h2,7H,3H2,1H3,(H2,12,13);1,5H,2H2,(H2,12,13);1-2,6H,3H2,(H2,11,12). The van der Waals surface area contributed by atoms with Crippen LogP contribution in [0.1, 0.15) is 5.56 Å². The van der Waals surface area contributed by atoms with Crippen molar-refractivity contribution in [1.29, 1.82) is 0 Å². The zero-order chi connectivity index (χ0) is 31.3. The molecule has 19 heteroatoms. The summed E-state index contributed by atoms with van der Waals surface area (Å²) in [5.41, 5.74) is 17.9. The summed E-state index contributed by atoms with van der Waals surface area (Å²) in [6.45, 7) is -0.550. The molecule has 0 aliphatic carbocycles. The summed E-state index contributed by atoms with van der Waals surface area (Å²) in [5, 5.41) is 0.330. The highest BCUT2D eigenvalue weighted by Crippen LogP contribution is 2.31. The molecule has 3 rings (SSSR count). The first-order chi connectivity index (χ1) is 19.1. The average molecular weight is 719 g/mol. The molecular weight excluding hydrogens is 697 g/mol. The fraction of sp³-hybridized carbons (Fsp3) is 0.318. The number of alkyl halides is 6. The minimum absolute atomic E-state index is 0.00491. The third kappa shape index (κ3) is 14.6. The van der Waals surface area contributed by atoms with Crippen molar-refractivity contribution in [3.05, 3.63) is 49.8 Å². The minimum atomic E-state index is -2.57. The van der Waals surface area contributed by atoms with E-state index in [0.29, 0.717) is 21.4 Å². The quantitative estimate of drug-likeness (QED) is 0.158. The van der Waals surface area contributed by atoms with Crippen molar-refractivity contribution in [2.45, 2.75) is 26.2 Å². The van der Waals surface area contributed by atoms with Gasteiger partial charge in [-0.3, -0.25) is 0 Å². The first kappa shape index (κ1) is 36.2.